The number of hydrogen-bond donors (Lipinski definition) is 4. The van der Waals surface area contributed by atoms with Crippen molar-refractivity contribution in [3.05, 3.63) is 12.2 Å². The third-order valence-electron chi connectivity index (χ3n) is 7.36. The second-order valence-electron chi connectivity index (χ2n) is 11.4. The van der Waals surface area contributed by atoms with Crippen LogP contribution in [0.1, 0.15) is 155 Å². The van der Waals surface area contributed by atoms with E-state index in [0.717, 1.165) is 38.5 Å². The molecule has 8 nitrogen and oxygen atoms in total. The van der Waals surface area contributed by atoms with Gasteiger partial charge in [-0.3, -0.25) is 13.8 Å². The zero-order chi connectivity index (χ0) is 30.4. The maximum Gasteiger partial charge on any atom is 0.472 e. The molecule has 0 aliphatic carbocycles. The molecule has 0 aromatic carbocycles. The lowest BCUT2D eigenvalue weighted by Gasteiger charge is -2.23. The Balaban J connectivity index is 4.38. The number of nitrogens with one attached hydrogen (secondary N) is 1. The highest BCUT2D eigenvalue weighted by atomic mass is 31.2. The van der Waals surface area contributed by atoms with E-state index in [2.05, 4.69) is 19.2 Å². The molecular formula is C32H65N2O6P. The van der Waals surface area contributed by atoms with E-state index in [-0.39, 0.29) is 25.7 Å². The van der Waals surface area contributed by atoms with E-state index in [1.165, 1.54) is 96.3 Å². The molecule has 0 heterocycles. The number of hydrogen-bond acceptors (Lipinski definition) is 6. The number of unbranched alkanes of at least 4 members (excludes halogenated alkanes) is 19. The molecule has 0 radical (unpaired) electrons. The van der Waals surface area contributed by atoms with E-state index in [4.69, 9.17) is 14.8 Å². The first-order valence-electron chi connectivity index (χ1n) is 16.8. The fourth-order valence-electron chi connectivity index (χ4n) is 4.78. The third kappa shape index (κ3) is 27.8. The Hall–Kier alpha value is -0.760. The lowest BCUT2D eigenvalue weighted by molar-refractivity contribution is -0.123. The number of amides is 1. The van der Waals surface area contributed by atoms with Crippen LogP contribution in [0.3, 0.4) is 0 Å². The summed E-state index contributed by atoms with van der Waals surface area (Å²) < 4.78 is 21.9. The second kappa shape index (κ2) is 29.3. The molecule has 0 fully saturated rings. The van der Waals surface area contributed by atoms with Gasteiger partial charge in [-0.2, -0.15) is 0 Å². The maximum absolute atomic E-state index is 12.6. The van der Waals surface area contributed by atoms with Crippen molar-refractivity contribution in [2.24, 2.45) is 5.73 Å². The van der Waals surface area contributed by atoms with Crippen LogP contribution >= 0.6 is 7.82 Å². The second-order valence-corrected chi connectivity index (χ2v) is 12.8. The van der Waals surface area contributed by atoms with Gasteiger partial charge < -0.3 is 21.1 Å². The topological polar surface area (TPSA) is 131 Å². The quantitative estimate of drug-likeness (QED) is 0.0357. The Labute approximate surface area is 252 Å². The molecule has 41 heavy (non-hydrogen) atoms. The molecular weight excluding hydrogens is 539 g/mol. The van der Waals surface area contributed by atoms with Crippen LogP contribution in [0.2, 0.25) is 0 Å². The normalized spacial score (nSPS) is 14.8. The summed E-state index contributed by atoms with van der Waals surface area (Å²) in [4.78, 5) is 22.4. The number of nitrogens with two attached hydrogens (primary N) is 1. The number of allylic oxidation sites excluding steroid dienone is 1. The van der Waals surface area contributed by atoms with Crippen LogP contribution in [0.4, 0.5) is 0 Å². The molecule has 9 heteroatoms. The fraction of sp³-hybridized carbons (Fsp3) is 0.906. The van der Waals surface area contributed by atoms with Gasteiger partial charge in [-0.25, -0.2) is 4.57 Å². The fourth-order valence-corrected chi connectivity index (χ4v) is 5.54. The summed E-state index contributed by atoms with van der Waals surface area (Å²) >= 11 is 0. The van der Waals surface area contributed by atoms with Gasteiger partial charge in [0.25, 0.3) is 0 Å². The summed E-state index contributed by atoms with van der Waals surface area (Å²) in [6.45, 7) is 4.09. The van der Waals surface area contributed by atoms with Crippen molar-refractivity contribution in [2.75, 3.05) is 19.8 Å². The van der Waals surface area contributed by atoms with Crippen LogP contribution in [0.25, 0.3) is 0 Å². The Morgan fingerprint density at radius 3 is 1.73 bits per heavy atom. The molecule has 5 N–H and O–H groups in total. The van der Waals surface area contributed by atoms with Gasteiger partial charge in [0.15, 0.2) is 0 Å². The Kier molecular flexibility index (Phi) is 28.8. The zero-order valence-corrected chi connectivity index (χ0v) is 27.4. The van der Waals surface area contributed by atoms with E-state index >= 15 is 0 Å². The minimum absolute atomic E-state index is 0.0806. The first-order chi connectivity index (χ1) is 19.9. The minimum Gasteiger partial charge on any atom is -0.387 e. The molecule has 0 aromatic rings. The van der Waals surface area contributed by atoms with E-state index in [0.29, 0.717) is 6.42 Å². The zero-order valence-electron chi connectivity index (χ0n) is 26.5. The minimum atomic E-state index is -4.32. The Bertz CT molecular complexity index is 664. The number of carbonyl (C=O) groups is 1. The van der Waals surface area contributed by atoms with Crippen LogP contribution in [0.15, 0.2) is 12.2 Å². The molecule has 0 aliphatic heterocycles. The lowest BCUT2D eigenvalue weighted by Crippen LogP contribution is -2.45. The van der Waals surface area contributed by atoms with Crippen molar-refractivity contribution < 1.29 is 28.4 Å². The van der Waals surface area contributed by atoms with Crippen molar-refractivity contribution >= 4 is 13.7 Å². The highest BCUT2D eigenvalue weighted by molar-refractivity contribution is 7.47. The molecule has 0 saturated carbocycles. The SMILES string of the molecule is CCCCCCCCCC/C=C/C(O)C(COP(=O)(O)OCCN)NC(=O)CCCCCCCCCCCCCC. The van der Waals surface area contributed by atoms with Crippen LogP contribution in [0.5, 0.6) is 0 Å². The number of phosphoric ester groups is 1. The van der Waals surface area contributed by atoms with Crippen LogP contribution in [-0.4, -0.2) is 47.8 Å². The summed E-state index contributed by atoms with van der Waals surface area (Å²) in [6, 6.07) is -0.850. The lowest BCUT2D eigenvalue weighted by atomic mass is 10.0. The number of aliphatic hydroxyl groups excluding tert-OH is 1. The Morgan fingerprint density at radius 2 is 1.24 bits per heavy atom. The number of phosphoric acid groups is 1. The first kappa shape index (κ1) is 40.2. The predicted molar refractivity (Wildman–Crippen MR) is 171 cm³/mol. The van der Waals surface area contributed by atoms with Crippen LogP contribution in [-0.2, 0) is 18.4 Å². The monoisotopic (exact) mass is 604 g/mol. The van der Waals surface area contributed by atoms with Crippen molar-refractivity contribution in [3.63, 3.8) is 0 Å². The number of aliphatic hydroxyl groups is 1. The molecule has 0 rings (SSSR count). The molecule has 0 bridgehead atoms. The molecule has 3 atom stereocenters. The average molecular weight is 605 g/mol. The highest BCUT2D eigenvalue weighted by Crippen LogP contribution is 2.43. The molecule has 3 unspecified atom stereocenters. The average Bonchev–Trinajstić information content (AvgIpc) is 2.95. The van der Waals surface area contributed by atoms with Crippen molar-refractivity contribution in [3.8, 4) is 0 Å². The van der Waals surface area contributed by atoms with Gasteiger partial charge in [-0.15, -0.1) is 0 Å². The van der Waals surface area contributed by atoms with Crippen molar-refractivity contribution in [1.82, 2.24) is 5.32 Å². The van der Waals surface area contributed by atoms with E-state index in [9.17, 15) is 19.4 Å². The summed E-state index contributed by atoms with van der Waals surface area (Å²) in [7, 11) is -4.32. The highest BCUT2D eigenvalue weighted by Gasteiger charge is 2.26. The molecule has 0 spiro atoms. The van der Waals surface area contributed by atoms with Gasteiger partial charge in [0.2, 0.25) is 5.91 Å². The maximum atomic E-state index is 12.6. The van der Waals surface area contributed by atoms with Gasteiger partial charge in [-0.1, -0.05) is 142 Å². The molecule has 0 aliphatic rings. The van der Waals surface area contributed by atoms with Crippen LogP contribution < -0.4 is 11.1 Å². The van der Waals surface area contributed by atoms with E-state index < -0.39 is 20.0 Å². The smallest absolute Gasteiger partial charge is 0.387 e. The Morgan fingerprint density at radius 1 is 0.780 bits per heavy atom. The number of rotatable bonds is 31. The van der Waals surface area contributed by atoms with Gasteiger partial charge in [0.05, 0.1) is 25.4 Å². The van der Waals surface area contributed by atoms with Crippen molar-refractivity contribution in [2.45, 2.75) is 167 Å². The first-order valence-corrected chi connectivity index (χ1v) is 18.3. The third-order valence-corrected chi connectivity index (χ3v) is 8.35. The van der Waals surface area contributed by atoms with Crippen molar-refractivity contribution in [1.29, 1.82) is 0 Å². The van der Waals surface area contributed by atoms with Gasteiger partial charge in [0.1, 0.15) is 0 Å². The molecule has 0 aromatic heterocycles. The van der Waals surface area contributed by atoms with E-state index in [1.807, 2.05) is 6.08 Å². The standard InChI is InChI=1S/C32H65N2O6P/c1-3-5-7-9-11-13-15-16-18-20-22-24-26-32(36)34-30(29-40-41(37,38)39-28-27-33)31(35)25-23-21-19-17-14-12-10-8-6-4-2/h23,25,30-31,35H,3-22,24,26-29,33H2,1-2H3,(H,34,36)(H,37,38)/b25-23+. The molecule has 244 valence electrons. The van der Waals surface area contributed by atoms with Gasteiger partial charge in [-0.05, 0) is 19.3 Å². The summed E-state index contributed by atoms with van der Waals surface area (Å²) in [5, 5.41) is 13.5. The van der Waals surface area contributed by atoms with Crippen LogP contribution in [0, 0.1) is 0 Å². The van der Waals surface area contributed by atoms with E-state index in [1.54, 1.807) is 6.08 Å². The summed E-state index contributed by atoms with van der Waals surface area (Å²) in [6.07, 6.45) is 28.2. The number of carbonyl (C=O) groups excluding carboxylic acids is 1. The molecule has 1 amide bonds. The summed E-state index contributed by atoms with van der Waals surface area (Å²) in [5.41, 5.74) is 5.33. The molecule has 0 saturated heterocycles. The van der Waals surface area contributed by atoms with Gasteiger partial charge in [0, 0.05) is 13.0 Å². The summed E-state index contributed by atoms with van der Waals surface area (Å²) in [5.74, 6) is -0.197. The largest absolute Gasteiger partial charge is 0.472 e. The van der Waals surface area contributed by atoms with Gasteiger partial charge >= 0.3 is 7.82 Å². The predicted octanol–water partition coefficient (Wildman–Crippen LogP) is 8.10.